The zero-order valence-corrected chi connectivity index (χ0v) is 34.2. The maximum Gasteiger partial charge on any atom is 0.194 e. The number of ether oxygens (including phenoxy) is 5. The highest BCUT2D eigenvalue weighted by Gasteiger charge is 2.24. The molecule has 0 aromatic heterocycles. The van der Waals surface area contributed by atoms with Crippen LogP contribution >= 0.6 is 0 Å². The van der Waals surface area contributed by atoms with E-state index in [1.165, 1.54) is 0 Å². The van der Waals surface area contributed by atoms with Gasteiger partial charge in [-0.25, -0.2) is 0 Å². The number of hydrogen-bond donors (Lipinski definition) is 0. The van der Waals surface area contributed by atoms with E-state index in [0.29, 0.717) is 44.9 Å². The predicted molar refractivity (Wildman–Crippen MR) is 242 cm³/mol. The van der Waals surface area contributed by atoms with Crippen molar-refractivity contribution in [2.75, 3.05) is 35.5 Å². The van der Waals surface area contributed by atoms with Crippen molar-refractivity contribution in [3.63, 3.8) is 0 Å². The van der Waals surface area contributed by atoms with Crippen LogP contribution < -0.4 is 34.1 Å². The van der Waals surface area contributed by atoms with Crippen molar-refractivity contribution in [1.29, 1.82) is 0 Å². The van der Waals surface area contributed by atoms with Gasteiger partial charge in [-0.3, -0.25) is 4.79 Å². The van der Waals surface area contributed by atoms with Crippen LogP contribution in [0.5, 0.6) is 28.7 Å². The first-order chi connectivity index (χ1) is 29.4. The lowest BCUT2D eigenvalue weighted by Crippen LogP contribution is -2.19. The van der Waals surface area contributed by atoms with Crippen LogP contribution in [0.1, 0.15) is 16.7 Å². The summed E-state index contributed by atoms with van der Waals surface area (Å²) in [5.74, 6) is 3.09. The number of allylic oxidation sites excluding steroid dienone is 4. The second-order valence-electron chi connectivity index (χ2n) is 14.2. The van der Waals surface area contributed by atoms with Crippen LogP contribution in [0.3, 0.4) is 0 Å². The smallest absolute Gasteiger partial charge is 0.194 e. The lowest BCUT2D eigenvalue weighted by atomic mass is 9.85. The van der Waals surface area contributed by atoms with E-state index in [0.717, 1.165) is 61.0 Å². The minimum absolute atomic E-state index is 0.0371. The Morgan fingerprint density at radius 1 is 0.400 bits per heavy atom. The summed E-state index contributed by atoms with van der Waals surface area (Å²) in [7, 11) is 8.29. The van der Waals surface area contributed by atoms with Gasteiger partial charge in [0.15, 0.2) is 5.78 Å². The molecule has 60 heavy (non-hydrogen) atoms. The van der Waals surface area contributed by atoms with E-state index in [9.17, 15) is 4.79 Å². The number of Topliss-reactive ketones (excluding diaryl/α,β-unsaturated/α-hetero) is 1. The van der Waals surface area contributed by atoms with Gasteiger partial charge < -0.3 is 23.7 Å². The molecule has 296 valence electrons. The maximum absolute atomic E-state index is 14.0. The van der Waals surface area contributed by atoms with Crippen LogP contribution in [0.25, 0.3) is 56.2 Å². The molecule has 7 aromatic rings. The molecule has 0 saturated carbocycles. The molecule has 0 atom stereocenters. The number of carbonyl (C=O) groups excluding carboxylic acids is 1. The lowest BCUT2D eigenvalue weighted by molar-refractivity contribution is -0.108. The van der Waals surface area contributed by atoms with Crippen molar-refractivity contribution >= 4 is 28.6 Å². The Morgan fingerprint density at radius 2 is 0.783 bits per heavy atom. The second-order valence-corrected chi connectivity index (χ2v) is 14.2. The van der Waals surface area contributed by atoms with Crippen LogP contribution in [-0.2, 0) is 4.79 Å². The molecule has 0 heterocycles. The molecule has 0 fully saturated rings. The molecule has 0 amide bonds. The molecule has 0 bridgehead atoms. The van der Waals surface area contributed by atoms with Gasteiger partial charge in [0.05, 0.1) is 46.3 Å². The van der Waals surface area contributed by atoms with Gasteiger partial charge in [0.1, 0.15) is 28.7 Å². The molecule has 0 radical (unpaired) electrons. The Kier molecular flexibility index (Phi) is 11.5. The van der Waals surface area contributed by atoms with E-state index < -0.39 is 0 Å². The summed E-state index contributed by atoms with van der Waals surface area (Å²) < 4.78 is 30.5. The molecule has 8 rings (SSSR count). The molecule has 1 aliphatic carbocycles. The van der Waals surface area contributed by atoms with Crippen molar-refractivity contribution in [3.05, 3.63) is 197 Å². The first kappa shape index (κ1) is 39.3. The molecule has 0 unspecified atom stereocenters. The fraction of sp³-hybridized carbons (Fsp3) is 0.0926. The van der Waals surface area contributed by atoms with Gasteiger partial charge in [0.25, 0.3) is 0 Å². The summed E-state index contributed by atoms with van der Waals surface area (Å²) in [5.41, 5.74) is 10.3. The van der Waals surface area contributed by atoms with E-state index in [-0.39, 0.29) is 5.78 Å². The Balaban J connectivity index is 1.31. The number of benzene rings is 7. The largest absolute Gasteiger partial charge is 0.496 e. The van der Waals surface area contributed by atoms with Gasteiger partial charge >= 0.3 is 0 Å². The van der Waals surface area contributed by atoms with Gasteiger partial charge in [-0.2, -0.15) is 0 Å². The third-order valence-corrected chi connectivity index (χ3v) is 10.8. The summed E-state index contributed by atoms with van der Waals surface area (Å²) in [4.78, 5) is 14.0. The third kappa shape index (κ3) is 7.71. The standard InChI is InChI=1S/C54H44O6/c1-56-49-30-41(39-26-43(35-18-10-6-11-19-35)53(55)44(27-39)36-20-12-7-13-21-36)31-50(57-2)47(49)34-48-51(58-3)32-42(33-52(48)59-4)40-28-45(37-22-14-8-15-23-37)54(60-5)46(29-40)38-24-16-9-17-25-38/h6-34H,1-5H3. The topological polar surface area (TPSA) is 63.2 Å². The second kappa shape index (κ2) is 17.5. The fourth-order valence-corrected chi connectivity index (χ4v) is 7.78. The zero-order valence-electron chi connectivity index (χ0n) is 34.2. The summed E-state index contributed by atoms with van der Waals surface area (Å²) in [6.07, 6.45) is 5.85. The van der Waals surface area contributed by atoms with Crippen LogP contribution in [-0.4, -0.2) is 41.3 Å². The minimum Gasteiger partial charge on any atom is -0.496 e. The van der Waals surface area contributed by atoms with E-state index in [1.807, 2.05) is 140 Å². The zero-order chi connectivity index (χ0) is 41.6. The van der Waals surface area contributed by atoms with Gasteiger partial charge in [-0.1, -0.05) is 121 Å². The number of hydrogen-bond acceptors (Lipinski definition) is 6. The first-order valence-corrected chi connectivity index (χ1v) is 19.6. The molecule has 6 heteroatoms. The van der Waals surface area contributed by atoms with E-state index in [2.05, 4.69) is 36.4 Å². The third-order valence-electron chi connectivity index (χ3n) is 10.8. The van der Waals surface area contributed by atoms with E-state index in [4.69, 9.17) is 23.7 Å². The van der Waals surface area contributed by atoms with Crippen molar-refractivity contribution in [3.8, 4) is 62.1 Å². The Bertz CT molecular complexity index is 2700. The lowest BCUT2D eigenvalue weighted by Gasteiger charge is -2.19. The van der Waals surface area contributed by atoms with Crippen LogP contribution in [0.4, 0.5) is 0 Å². The highest BCUT2D eigenvalue weighted by molar-refractivity contribution is 6.45. The number of ketones is 1. The van der Waals surface area contributed by atoms with Gasteiger partial charge in [0.2, 0.25) is 0 Å². The summed E-state index contributed by atoms with van der Waals surface area (Å²) in [5, 5.41) is 1.52. The van der Waals surface area contributed by atoms with E-state index >= 15 is 0 Å². The quantitative estimate of drug-likeness (QED) is 0.130. The van der Waals surface area contributed by atoms with Gasteiger partial charge in [-0.15, -0.1) is 0 Å². The molecule has 1 aliphatic rings. The van der Waals surface area contributed by atoms with Gasteiger partial charge in [0, 0.05) is 22.3 Å². The number of carbonyl (C=O) groups is 1. The summed E-state index contributed by atoms with van der Waals surface area (Å²) in [6.45, 7) is 0. The average molecular weight is 789 g/mol. The molecule has 7 aromatic carbocycles. The molecule has 0 N–H and O–H groups in total. The Morgan fingerprint density at radius 3 is 1.17 bits per heavy atom. The normalized spacial score (nSPS) is 12.3. The number of methoxy groups -OCH3 is 5. The molecule has 0 spiro atoms. The summed E-state index contributed by atoms with van der Waals surface area (Å²) in [6, 6.07) is 52.3. The maximum atomic E-state index is 14.0. The van der Waals surface area contributed by atoms with E-state index in [1.54, 1.807) is 35.5 Å². The Labute approximate surface area is 350 Å². The van der Waals surface area contributed by atoms with Crippen LogP contribution in [0, 0.1) is 0 Å². The first-order valence-electron chi connectivity index (χ1n) is 19.6. The molecular formula is C54H44O6. The van der Waals surface area contributed by atoms with Crippen LogP contribution in [0.15, 0.2) is 170 Å². The van der Waals surface area contributed by atoms with Crippen molar-refractivity contribution < 1.29 is 28.5 Å². The SMILES string of the molecule is COc1cc(-c2cc(-c3ccccc3)c(OC)c(-c3ccccc3)c2)cc(OC)c1C=c1c(OC)cc(=C2C=C(c3ccccc3)C(=O)C(c3ccccc3)=C2)cc1OC. The predicted octanol–water partition coefficient (Wildman–Crippen LogP) is 10.5. The van der Waals surface area contributed by atoms with Crippen LogP contribution in [0.2, 0.25) is 0 Å². The average Bonchev–Trinajstić information content (AvgIpc) is 3.32. The number of rotatable bonds is 11. The molecule has 0 aliphatic heterocycles. The Hall–Kier alpha value is -7.57. The van der Waals surface area contributed by atoms with Crippen molar-refractivity contribution in [2.45, 2.75) is 0 Å². The van der Waals surface area contributed by atoms with Crippen molar-refractivity contribution in [2.24, 2.45) is 0 Å². The van der Waals surface area contributed by atoms with Gasteiger partial charge in [-0.05, 0) is 98.8 Å². The highest BCUT2D eigenvalue weighted by atomic mass is 16.5. The fourth-order valence-electron chi connectivity index (χ4n) is 7.78. The molecule has 0 saturated heterocycles. The monoisotopic (exact) mass is 788 g/mol. The summed E-state index contributed by atoms with van der Waals surface area (Å²) >= 11 is 0. The molecular weight excluding hydrogens is 745 g/mol. The minimum atomic E-state index is -0.0371. The van der Waals surface area contributed by atoms with Crippen molar-refractivity contribution in [1.82, 2.24) is 0 Å². The molecule has 6 nitrogen and oxygen atoms in total. The highest BCUT2D eigenvalue weighted by Crippen LogP contribution is 2.44.